The fourth-order valence-electron chi connectivity index (χ4n) is 8.31. The largest absolute Gasteiger partial charge is 1.00 e. The van der Waals surface area contributed by atoms with Crippen LogP contribution in [0, 0.1) is 0 Å². The standard InChI is InChI=1S/C23H32BrNSSi.C12H17BrN.C11H15ClSSi.Li/c1-13(2)19-11-17(24)12-20(14(3)4)21(19)25-27(7,8)23-16(6)15(5)18-9-10-26-22(18)23;1-7(2)10-5-9(13)6-11(8(3)4)12(10)14;1-7-8(2)11(14(3,4)12)10-9(7)5-6-13-10;/h9-14,23,25H,1-8H3;5-8,14H,1-4H3;5-6,11H,1-4H3;/q;-1;;+1. The number of allylic oxidation sites excluding steroid dienone is 4. The maximum absolute atomic E-state index is 8.08. The summed E-state index contributed by atoms with van der Waals surface area (Å²) in [6.45, 7) is 36.3. The molecule has 0 aliphatic heterocycles. The molecule has 2 unspecified atom stereocenters. The average Bonchev–Trinajstić information content (AvgIpc) is 3.84. The summed E-state index contributed by atoms with van der Waals surface area (Å²) >= 11 is 17.6. The molecular weight excluding hydrogens is 903 g/mol. The van der Waals surface area contributed by atoms with Gasteiger partial charge in [-0.3, -0.25) is 0 Å². The molecule has 300 valence electrons. The van der Waals surface area contributed by atoms with E-state index in [1.54, 1.807) is 10.5 Å². The van der Waals surface area contributed by atoms with E-state index >= 15 is 0 Å². The number of hydrogen-bond donors (Lipinski definition) is 1. The molecule has 0 amide bonds. The van der Waals surface area contributed by atoms with Crippen molar-refractivity contribution in [1.82, 2.24) is 0 Å². The quantitative estimate of drug-likeness (QED) is 0.139. The minimum atomic E-state index is -1.82. The smallest absolute Gasteiger partial charge is 0.698 e. The molecule has 2 N–H and O–H groups in total. The van der Waals surface area contributed by atoms with E-state index in [2.05, 4.69) is 193 Å². The van der Waals surface area contributed by atoms with E-state index in [9.17, 15) is 0 Å². The van der Waals surface area contributed by atoms with Gasteiger partial charge in [-0.05, 0) is 132 Å². The van der Waals surface area contributed by atoms with Crippen LogP contribution < -0.4 is 23.8 Å². The number of thiophene rings is 2. The number of halogens is 3. The van der Waals surface area contributed by atoms with Crippen molar-refractivity contribution >= 4 is 104 Å². The zero-order valence-corrected chi connectivity index (χ0v) is 44.6. The molecule has 10 heteroatoms. The Morgan fingerprint density at radius 2 is 0.964 bits per heavy atom. The minimum absolute atomic E-state index is 0. The van der Waals surface area contributed by atoms with Gasteiger partial charge in [0, 0.05) is 35.5 Å². The maximum atomic E-state index is 8.08. The van der Waals surface area contributed by atoms with Crippen LogP contribution in [0.1, 0.15) is 161 Å². The van der Waals surface area contributed by atoms with Gasteiger partial charge in [0.25, 0.3) is 0 Å². The van der Waals surface area contributed by atoms with Crippen molar-refractivity contribution in [3.8, 4) is 0 Å². The van der Waals surface area contributed by atoms with Crippen LogP contribution in [0.3, 0.4) is 0 Å². The summed E-state index contributed by atoms with van der Waals surface area (Å²) in [6.07, 6.45) is 0. The van der Waals surface area contributed by atoms with Gasteiger partial charge in [-0.1, -0.05) is 136 Å². The SMILES string of the molecule is CC(C)c1cc(Br)cc(C(C)C)c1[NH-].CC1=C(C)C([Si](C)(C)Cl)c2sccc21.CC1=C(C)C([Si](C)(C)Nc2c(C(C)C)cc(Br)cc2C(C)C)c2sccc21.[Li+]. The van der Waals surface area contributed by atoms with Crippen molar-refractivity contribution in [2.24, 2.45) is 0 Å². The number of benzene rings is 2. The van der Waals surface area contributed by atoms with E-state index in [4.69, 9.17) is 16.8 Å². The third-order valence-electron chi connectivity index (χ3n) is 11.4. The fraction of sp³-hybridized carbons (Fsp3) is 0.478. The Morgan fingerprint density at radius 3 is 1.32 bits per heavy atom. The monoisotopic (exact) mass is 964 g/mol. The fourth-order valence-corrected chi connectivity index (χ4v) is 19.7. The van der Waals surface area contributed by atoms with E-state index < -0.39 is 15.6 Å². The molecule has 2 atom stereocenters. The third-order valence-corrected chi connectivity index (χ3v) is 20.5. The molecule has 0 saturated carbocycles. The normalized spacial score (nSPS) is 16.6. The Hall–Kier alpha value is -0.799. The molecule has 0 spiro atoms. The Morgan fingerprint density at radius 1 is 0.625 bits per heavy atom. The molecule has 0 saturated heterocycles. The van der Waals surface area contributed by atoms with Crippen LogP contribution in [-0.2, 0) is 0 Å². The van der Waals surface area contributed by atoms with Gasteiger partial charge in [0.2, 0.25) is 0 Å². The number of hydrogen-bond acceptors (Lipinski definition) is 3. The molecule has 0 bridgehead atoms. The first kappa shape index (κ1) is 49.6. The van der Waals surface area contributed by atoms with Gasteiger partial charge in [0.15, 0.2) is 15.6 Å². The summed E-state index contributed by atoms with van der Waals surface area (Å²) in [5, 5.41) is 4.45. The van der Waals surface area contributed by atoms with Crippen LogP contribution in [0.4, 0.5) is 11.4 Å². The van der Waals surface area contributed by atoms with Crippen molar-refractivity contribution in [3.63, 3.8) is 0 Å². The topological polar surface area (TPSA) is 35.8 Å². The Balaban J connectivity index is 0.000000245. The zero-order chi connectivity index (χ0) is 41.5. The summed E-state index contributed by atoms with van der Waals surface area (Å²) in [4.78, 5) is 7.24. The molecule has 2 aromatic carbocycles. The first-order valence-electron chi connectivity index (χ1n) is 19.8. The molecular formula is C46H64Br2ClLiN2S2Si2. The minimum Gasteiger partial charge on any atom is -0.698 e. The number of rotatable bonds is 8. The molecule has 2 aromatic heterocycles. The van der Waals surface area contributed by atoms with Gasteiger partial charge in [-0.25, -0.2) is 0 Å². The summed E-state index contributed by atoms with van der Waals surface area (Å²) in [6, 6.07) is 13.3. The molecule has 2 aliphatic carbocycles. The first-order valence-corrected chi connectivity index (χ1v) is 30.3. The Labute approximate surface area is 384 Å². The van der Waals surface area contributed by atoms with Gasteiger partial charge in [0.1, 0.15) is 0 Å². The summed E-state index contributed by atoms with van der Waals surface area (Å²) < 4.78 is 2.27. The summed E-state index contributed by atoms with van der Waals surface area (Å²) in [5.74, 6) is 1.81. The molecule has 2 aliphatic rings. The third kappa shape index (κ3) is 10.7. The predicted octanol–water partition coefficient (Wildman–Crippen LogP) is 15.5. The van der Waals surface area contributed by atoms with Crippen LogP contribution in [-0.4, -0.2) is 15.6 Å². The van der Waals surface area contributed by atoms with Gasteiger partial charge in [0.05, 0.1) is 0 Å². The molecule has 0 radical (unpaired) electrons. The average molecular weight is 968 g/mol. The van der Waals surface area contributed by atoms with E-state index in [-0.39, 0.29) is 18.9 Å². The van der Waals surface area contributed by atoms with Crippen LogP contribution in [0.25, 0.3) is 16.9 Å². The molecule has 6 rings (SSSR count). The van der Waals surface area contributed by atoms with Gasteiger partial charge < -0.3 is 10.7 Å². The second kappa shape index (κ2) is 19.7. The first-order chi connectivity index (χ1) is 25.4. The molecule has 0 fully saturated rings. The van der Waals surface area contributed by atoms with Gasteiger partial charge in [-0.2, -0.15) is 11.1 Å². The molecule has 2 heterocycles. The number of fused-ring (bicyclic) bond motifs is 2. The Kier molecular flexibility index (Phi) is 17.5. The van der Waals surface area contributed by atoms with Crippen molar-refractivity contribution in [1.29, 1.82) is 0 Å². The van der Waals surface area contributed by atoms with Crippen LogP contribution >= 0.6 is 65.6 Å². The second-order valence-electron chi connectivity index (χ2n) is 17.8. The Bertz CT molecular complexity index is 2010. The van der Waals surface area contributed by atoms with Crippen molar-refractivity contribution in [2.75, 3.05) is 4.98 Å². The van der Waals surface area contributed by atoms with Crippen molar-refractivity contribution in [2.45, 2.75) is 144 Å². The van der Waals surface area contributed by atoms with E-state index in [1.165, 1.54) is 54.0 Å². The maximum Gasteiger partial charge on any atom is 1.00 e. The van der Waals surface area contributed by atoms with Crippen molar-refractivity contribution in [3.05, 3.63) is 116 Å². The summed E-state index contributed by atoms with van der Waals surface area (Å²) in [7, 11) is -3.43. The van der Waals surface area contributed by atoms with Crippen molar-refractivity contribution < 1.29 is 18.9 Å². The van der Waals surface area contributed by atoms with Crippen LogP contribution in [0.2, 0.25) is 26.2 Å². The van der Waals surface area contributed by atoms with E-state index in [0.29, 0.717) is 40.4 Å². The number of nitrogens with one attached hydrogen (secondary N) is 2. The van der Waals surface area contributed by atoms with E-state index in [0.717, 1.165) is 15.6 Å². The van der Waals surface area contributed by atoms with Crippen LogP contribution in [0.15, 0.2) is 67.2 Å². The van der Waals surface area contributed by atoms with Crippen LogP contribution in [0.5, 0.6) is 0 Å². The van der Waals surface area contributed by atoms with Gasteiger partial charge >= 0.3 is 18.9 Å². The summed E-state index contributed by atoms with van der Waals surface area (Å²) in [5.41, 5.74) is 25.3. The second-order valence-corrected chi connectivity index (χ2v) is 32.5. The predicted molar refractivity (Wildman–Crippen MR) is 264 cm³/mol. The van der Waals surface area contributed by atoms with E-state index in [1.807, 2.05) is 22.7 Å². The molecule has 56 heavy (non-hydrogen) atoms. The zero-order valence-electron chi connectivity index (χ0n) is 37.0. The number of anilines is 1. The molecule has 2 nitrogen and oxygen atoms in total. The molecule has 4 aromatic rings. The van der Waals surface area contributed by atoms with Gasteiger partial charge in [-0.15, -0.1) is 28.4 Å².